The van der Waals surface area contributed by atoms with Crippen molar-refractivity contribution in [3.63, 3.8) is 0 Å². The minimum atomic E-state index is 0.425. The minimum Gasteiger partial charge on any atom is -0.309 e. The highest BCUT2D eigenvalue weighted by atomic mass is 32.1. The van der Waals surface area contributed by atoms with E-state index in [-0.39, 0.29) is 0 Å². The van der Waals surface area contributed by atoms with Gasteiger partial charge in [-0.05, 0) is 25.5 Å². The number of rotatable bonds is 2. The normalized spacial score (nSPS) is 20.1. The summed E-state index contributed by atoms with van der Waals surface area (Å²) in [6.07, 6.45) is 5.91. The van der Waals surface area contributed by atoms with Crippen LogP contribution in [-0.2, 0) is 0 Å². The lowest BCUT2D eigenvalue weighted by Crippen LogP contribution is -2.12. The van der Waals surface area contributed by atoms with E-state index in [1.165, 1.54) is 12.8 Å². The topological polar surface area (TPSA) is 50.7 Å². The van der Waals surface area contributed by atoms with Crippen LogP contribution in [0, 0.1) is 0 Å². The van der Waals surface area contributed by atoms with Gasteiger partial charge in [0.15, 0.2) is 10.8 Å². The summed E-state index contributed by atoms with van der Waals surface area (Å²) in [7, 11) is 0. The van der Waals surface area contributed by atoms with E-state index in [2.05, 4.69) is 25.6 Å². The Kier molecular flexibility index (Phi) is 2.63. The monoisotopic (exact) mass is 232 g/mol. The summed E-state index contributed by atoms with van der Waals surface area (Å²) < 4.78 is 0. The molecule has 0 spiro atoms. The third-order valence-electron chi connectivity index (χ3n) is 2.70. The Morgan fingerprint density at radius 3 is 2.94 bits per heavy atom. The van der Waals surface area contributed by atoms with Crippen LogP contribution in [0.4, 0.5) is 0 Å². The van der Waals surface area contributed by atoms with Crippen LogP contribution >= 0.6 is 11.3 Å². The molecule has 0 radical (unpaired) electrons. The van der Waals surface area contributed by atoms with Gasteiger partial charge in [0.1, 0.15) is 0 Å². The number of aromatic nitrogens is 3. The summed E-state index contributed by atoms with van der Waals surface area (Å²) in [5.41, 5.74) is 1.13. The Labute approximate surface area is 97.8 Å². The summed E-state index contributed by atoms with van der Waals surface area (Å²) in [5, 5.41) is 6.45. The van der Waals surface area contributed by atoms with Crippen molar-refractivity contribution in [2.24, 2.45) is 0 Å². The van der Waals surface area contributed by atoms with Gasteiger partial charge in [-0.1, -0.05) is 0 Å². The molecule has 1 atom stereocenters. The molecule has 0 saturated carbocycles. The van der Waals surface area contributed by atoms with Crippen LogP contribution in [0.1, 0.15) is 24.6 Å². The van der Waals surface area contributed by atoms with Gasteiger partial charge in [-0.3, -0.25) is 0 Å². The SMILES string of the molecule is c1cnc(-c2nc([C@@H]3CCCN3)cs2)nc1. The fraction of sp³-hybridized carbons (Fsp3) is 0.364. The fourth-order valence-corrected chi connectivity index (χ4v) is 2.71. The Morgan fingerprint density at radius 1 is 1.31 bits per heavy atom. The summed E-state index contributed by atoms with van der Waals surface area (Å²) in [6.45, 7) is 1.10. The van der Waals surface area contributed by atoms with Gasteiger partial charge in [-0.15, -0.1) is 11.3 Å². The molecule has 3 heterocycles. The highest BCUT2D eigenvalue weighted by Crippen LogP contribution is 2.27. The lowest BCUT2D eigenvalue weighted by Gasteiger charge is -2.04. The maximum Gasteiger partial charge on any atom is 0.188 e. The number of nitrogens with one attached hydrogen (secondary N) is 1. The first-order chi connectivity index (χ1) is 7.93. The molecule has 2 aromatic heterocycles. The van der Waals surface area contributed by atoms with E-state index in [4.69, 9.17) is 0 Å². The number of hydrogen-bond donors (Lipinski definition) is 1. The number of thiazole rings is 1. The van der Waals surface area contributed by atoms with Crippen LogP contribution in [0.15, 0.2) is 23.8 Å². The average Bonchev–Trinajstić information content (AvgIpc) is 3.01. The summed E-state index contributed by atoms with van der Waals surface area (Å²) in [6, 6.07) is 2.24. The first kappa shape index (κ1) is 9.86. The smallest absolute Gasteiger partial charge is 0.188 e. The fourth-order valence-electron chi connectivity index (χ4n) is 1.90. The van der Waals surface area contributed by atoms with E-state index < -0.39 is 0 Å². The van der Waals surface area contributed by atoms with Crippen molar-refractivity contribution in [3.8, 4) is 10.8 Å². The molecule has 4 nitrogen and oxygen atoms in total. The maximum atomic E-state index is 4.59. The van der Waals surface area contributed by atoms with Gasteiger partial charge < -0.3 is 5.32 Å². The molecular weight excluding hydrogens is 220 g/mol. The standard InChI is InChI=1S/C11H12N4S/c1-3-8(12-4-1)9-7-16-11(15-9)10-13-5-2-6-14-10/h2,5-8,12H,1,3-4H2/t8-/m0/s1. The van der Waals surface area contributed by atoms with Crippen LogP contribution in [0.5, 0.6) is 0 Å². The van der Waals surface area contributed by atoms with Gasteiger partial charge in [0.05, 0.1) is 11.7 Å². The first-order valence-corrected chi connectivity index (χ1v) is 6.27. The van der Waals surface area contributed by atoms with E-state index in [1.807, 2.05) is 6.07 Å². The second-order valence-corrected chi connectivity index (χ2v) is 4.66. The molecule has 1 aliphatic heterocycles. The van der Waals surface area contributed by atoms with Crippen molar-refractivity contribution < 1.29 is 0 Å². The largest absolute Gasteiger partial charge is 0.309 e. The van der Waals surface area contributed by atoms with Crippen LogP contribution in [0.3, 0.4) is 0 Å². The van der Waals surface area contributed by atoms with Crippen molar-refractivity contribution in [3.05, 3.63) is 29.5 Å². The third kappa shape index (κ3) is 1.83. The van der Waals surface area contributed by atoms with Crippen molar-refractivity contribution in [2.75, 3.05) is 6.54 Å². The second-order valence-electron chi connectivity index (χ2n) is 3.80. The summed E-state index contributed by atoms with van der Waals surface area (Å²) in [4.78, 5) is 13.0. The molecule has 1 N–H and O–H groups in total. The molecule has 0 bridgehead atoms. The molecule has 2 aromatic rings. The predicted octanol–water partition coefficient (Wildman–Crippen LogP) is 2.02. The molecular formula is C11H12N4S. The summed E-state index contributed by atoms with van der Waals surface area (Å²) >= 11 is 1.61. The molecule has 1 aliphatic rings. The Hall–Kier alpha value is -1.33. The lowest BCUT2D eigenvalue weighted by molar-refractivity contribution is 0.632. The van der Waals surface area contributed by atoms with Gasteiger partial charge >= 0.3 is 0 Å². The Balaban J connectivity index is 1.87. The van der Waals surface area contributed by atoms with Gasteiger partial charge in [-0.25, -0.2) is 15.0 Å². The number of hydrogen-bond acceptors (Lipinski definition) is 5. The third-order valence-corrected chi connectivity index (χ3v) is 3.55. The quantitative estimate of drug-likeness (QED) is 0.860. The minimum absolute atomic E-state index is 0.425. The van der Waals surface area contributed by atoms with Gasteiger partial charge in [0, 0.05) is 17.8 Å². The Bertz CT molecular complexity index is 462. The van der Waals surface area contributed by atoms with Crippen LogP contribution in [0.2, 0.25) is 0 Å². The van der Waals surface area contributed by atoms with Crippen LogP contribution in [-0.4, -0.2) is 21.5 Å². The lowest BCUT2D eigenvalue weighted by atomic mass is 10.2. The molecule has 1 fully saturated rings. The molecule has 0 unspecified atom stereocenters. The van der Waals surface area contributed by atoms with Crippen molar-refractivity contribution in [1.82, 2.24) is 20.3 Å². The van der Waals surface area contributed by atoms with Crippen LogP contribution < -0.4 is 5.32 Å². The van der Waals surface area contributed by atoms with E-state index in [0.29, 0.717) is 6.04 Å². The second kappa shape index (κ2) is 4.27. The molecule has 3 rings (SSSR count). The highest BCUT2D eigenvalue weighted by Gasteiger charge is 2.19. The molecule has 16 heavy (non-hydrogen) atoms. The molecule has 0 amide bonds. The van der Waals surface area contributed by atoms with Gasteiger partial charge in [0.2, 0.25) is 0 Å². The molecule has 0 aliphatic carbocycles. The Morgan fingerprint density at radius 2 is 2.19 bits per heavy atom. The zero-order valence-electron chi connectivity index (χ0n) is 8.76. The zero-order valence-corrected chi connectivity index (χ0v) is 9.57. The molecule has 5 heteroatoms. The van der Waals surface area contributed by atoms with Crippen molar-refractivity contribution in [2.45, 2.75) is 18.9 Å². The van der Waals surface area contributed by atoms with Crippen molar-refractivity contribution >= 4 is 11.3 Å². The van der Waals surface area contributed by atoms with Crippen molar-refractivity contribution in [1.29, 1.82) is 0 Å². The molecule has 0 aromatic carbocycles. The van der Waals surface area contributed by atoms with Crippen LogP contribution in [0.25, 0.3) is 10.8 Å². The van der Waals surface area contributed by atoms with E-state index >= 15 is 0 Å². The average molecular weight is 232 g/mol. The first-order valence-electron chi connectivity index (χ1n) is 5.40. The molecule has 82 valence electrons. The highest BCUT2D eigenvalue weighted by molar-refractivity contribution is 7.13. The predicted molar refractivity (Wildman–Crippen MR) is 63.1 cm³/mol. The maximum absolute atomic E-state index is 4.59. The zero-order chi connectivity index (χ0) is 10.8. The van der Waals surface area contributed by atoms with E-state index in [1.54, 1.807) is 23.7 Å². The molecule has 1 saturated heterocycles. The van der Waals surface area contributed by atoms with E-state index in [9.17, 15) is 0 Å². The summed E-state index contributed by atoms with van der Waals surface area (Å²) in [5.74, 6) is 0.719. The van der Waals surface area contributed by atoms with E-state index in [0.717, 1.165) is 23.1 Å². The number of nitrogens with zero attached hydrogens (tertiary/aromatic N) is 3. The van der Waals surface area contributed by atoms with Gasteiger partial charge in [-0.2, -0.15) is 0 Å². The van der Waals surface area contributed by atoms with Gasteiger partial charge in [0.25, 0.3) is 0 Å².